The summed E-state index contributed by atoms with van der Waals surface area (Å²) in [5.41, 5.74) is 3.04. The van der Waals surface area contributed by atoms with Gasteiger partial charge in [-0.2, -0.15) is 0 Å². The lowest BCUT2D eigenvalue weighted by Crippen LogP contribution is -1.88. The number of aromatic nitrogens is 3. The number of nitrogens with zero attached hydrogens (tertiary/aromatic N) is 3. The van der Waals surface area contributed by atoms with Crippen LogP contribution in [0.2, 0.25) is 0 Å². The van der Waals surface area contributed by atoms with Gasteiger partial charge in [0.05, 0.1) is 20.6 Å². The Morgan fingerprint density at radius 1 is 0.783 bits per heavy atom. The molecule has 0 spiro atoms. The predicted molar refractivity (Wildman–Crippen MR) is 95.7 cm³/mol. The first-order valence-electron chi connectivity index (χ1n) is 7.37. The summed E-state index contributed by atoms with van der Waals surface area (Å²) < 4.78 is 2.32. The van der Waals surface area contributed by atoms with Crippen LogP contribution in [0, 0.1) is 0 Å². The van der Waals surface area contributed by atoms with Gasteiger partial charge in [-0.25, -0.2) is 0 Å². The van der Waals surface area contributed by atoms with Gasteiger partial charge in [-0.1, -0.05) is 24.3 Å². The molecule has 1 aromatic carbocycles. The minimum atomic E-state index is 0.964. The van der Waals surface area contributed by atoms with Gasteiger partial charge in [-0.3, -0.25) is 15.0 Å². The van der Waals surface area contributed by atoms with Crippen LogP contribution < -0.4 is 0 Å². The molecule has 0 fully saturated rings. The zero-order chi connectivity index (χ0) is 15.2. The quantitative estimate of drug-likeness (QED) is 0.434. The van der Waals surface area contributed by atoms with E-state index in [9.17, 15) is 0 Å². The average molecular weight is 313 g/mol. The van der Waals surface area contributed by atoms with Crippen molar-refractivity contribution in [1.29, 1.82) is 0 Å². The maximum atomic E-state index is 4.65. The van der Waals surface area contributed by atoms with Crippen LogP contribution in [0.25, 0.3) is 42.3 Å². The van der Waals surface area contributed by atoms with Crippen LogP contribution in [-0.4, -0.2) is 15.0 Å². The van der Waals surface area contributed by atoms with Crippen molar-refractivity contribution in [2.24, 2.45) is 0 Å². The Labute approximate surface area is 136 Å². The van der Waals surface area contributed by atoms with Gasteiger partial charge >= 0.3 is 0 Å². The highest BCUT2D eigenvalue weighted by molar-refractivity contribution is 7.25. The Morgan fingerprint density at radius 2 is 1.74 bits per heavy atom. The number of fused-ring (bicyclic) bond motifs is 4. The van der Waals surface area contributed by atoms with Crippen LogP contribution in [0.3, 0.4) is 0 Å². The number of thiophene rings is 1. The van der Waals surface area contributed by atoms with Gasteiger partial charge in [-0.15, -0.1) is 11.3 Å². The molecule has 108 valence electrons. The molecule has 4 heterocycles. The molecule has 0 aliphatic rings. The number of hydrogen-bond donors (Lipinski definition) is 0. The molecule has 4 aromatic heterocycles. The third-order valence-electron chi connectivity index (χ3n) is 4.07. The molecule has 4 heteroatoms. The molecule has 0 atom stereocenters. The number of benzene rings is 1. The van der Waals surface area contributed by atoms with E-state index < -0.39 is 0 Å². The molecular weight excluding hydrogens is 302 g/mol. The van der Waals surface area contributed by atoms with Crippen LogP contribution in [0.15, 0.2) is 67.3 Å². The van der Waals surface area contributed by atoms with Crippen LogP contribution in [0.5, 0.6) is 0 Å². The molecule has 5 rings (SSSR count). The van der Waals surface area contributed by atoms with E-state index in [1.165, 1.54) is 10.1 Å². The summed E-state index contributed by atoms with van der Waals surface area (Å²) in [7, 11) is 0. The van der Waals surface area contributed by atoms with Crippen molar-refractivity contribution < 1.29 is 0 Å². The molecule has 23 heavy (non-hydrogen) atoms. The lowest BCUT2D eigenvalue weighted by molar-refractivity contribution is 1.32. The second-order valence-electron chi connectivity index (χ2n) is 5.39. The van der Waals surface area contributed by atoms with E-state index in [4.69, 9.17) is 0 Å². The van der Waals surface area contributed by atoms with Crippen LogP contribution in [0.1, 0.15) is 0 Å². The SMILES string of the molecule is c1ccc2c(-c3cncc4sc5cccnc5c34)nccc2c1. The van der Waals surface area contributed by atoms with E-state index in [1.54, 1.807) is 11.3 Å². The molecule has 0 saturated carbocycles. The molecule has 0 radical (unpaired) electrons. The minimum Gasteiger partial charge on any atom is -0.263 e. The van der Waals surface area contributed by atoms with Gasteiger partial charge < -0.3 is 0 Å². The van der Waals surface area contributed by atoms with Crippen LogP contribution in [0.4, 0.5) is 0 Å². The molecule has 0 saturated heterocycles. The van der Waals surface area contributed by atoms with E-state index in [2.05, 4.69) is 33.2 Å². The average Bonchev–Trinajstić information content (AvgIpc) is 3.00. The molecular formula is C19H11N3S. The van der Waals surface area contributed by atoms with E-state index in [-0.39, 0.29) is 0 Å². The lowest BCUT2D eigenvalue weighted by Gasteiger charge is -2.07. The van der Waals surface area contributed by atoms with Gasteiger partial charge in [0.15, 0.2) is 0 Å². The van der Waals surface area contributed by atoms with Crippen molar-refractivity contribution >= 4 is 42.4 Å². The minimum absolute atomic E-state index is 0.964. The van der Waals surface area contributed by atoms with E-state index in [0.29, 0.717) is 0 Å². The summed E-state index contributed by atoms with van der Waals surface area (Å²) in [5.74, 6) is 0. The third kappa shape index (κ3) is 1.85. The molecule has 0 bridgehead atoms. The van der Waals surface area contributed by atoms with Crippen molar-refractivity contribution in [3.05, 3.63) is 67.3 Å². The second-order valence-corrected chi connectivity index (χ2v) is 6.48. The molecule has 0 amide bonds. The first kappa shape index (κ1) is 12.7. The summed E-state index contributed by atoms with van der Waals surface area (Å²) in [6, 6.07) is 14.4. The van der Waals surface area contributed by atoms with Gasteiger partial charge in [0.1, 0.15) is 0 Å². The molecule has 0 N–H and O–H groups in total. The summed E-state index contributed by atoms with van der Waals surface area (Å²) in [5, 5.41) is 3.46. The summed E-state index contributed by atoms with van der Waals surface area (Å²) in [4.78, 5) is 13.7. The van der Waals surface area contributed by atoms with E-state index in [0.717, 1.165) is 32.2 Å². The fourth-order valence-corrected chi connectivity index (χ4v) is 4.11. The first-order valence-corrected chi connectivity index (χ1v) is 8.19. The number of hydrogen-bond acceptors (Lipinski definition) is 4. The Hall–Kier alpha value is -2.85. The summed E-state index contributed by atoms with van der Waals surface area (Å²) >= 11 is 1.72. The molecule has 3 nitrogen and oxygen atoms in total. The number of pyridine rings is 3. The fourth-order valence-electron chi connectivity index (χ4n) is 3.06. The highest BCUT2D eigenvalue weighted by Gasteiger charge is 2.14. The van der Waals surface area contributed by atoms with E-state index in [1.807, 2.05) is 49.1 Å². The first-order chi connectivity index (χ1) is 11.4. The maximum Gasteiger partial charge on any atom is 0.0896 e. The van der Waals surface area contributed by atoms with Gasteiger partial charge in [0.25, 0.3) is 0 Å². The highest BCUT2D eigenvalue weighted by Crippen LogP contribution is 2.39. The Kier molecular flexibility index (Phi) is 2.66. The Morgan fingerprint density at radius 3 is 2.74 bits per heavy atom. The van der Waals surface area contributed by atoms with Crippen LogP contribution in [-0.2, 0) is 0 Å². The fraction of sp³-hybridized carbons (Fsp3) is 0. The molecule has 0 aliphatic carbocycles. The smallest absolute Gasteiger partial charge is 0.0896 e. The Balaban J connectivity index is 1.96. The van der Waals surface area contributed by atoms with Crippen molar-refractivity contribution in [3.63, 3.8) is 0 Å². The molecule has 5 aromatic rings. The number of rotatable bonds is 1. The van der Waals surface area contributed by atoms with Crippen molar-refractivity contribution in [3.8, 4) is 11.3 Å². The predicted octanol–water partition coefficient (Wildman–Crippen LogP) is 5.06. The van der Waals surface area contributed by atoms with Crippen molar-refractivity contribution in [2.45, 2.75) is 0 Å². The summed E-state index contributed by atoms with van der Waals surface area (Å²) in [6.45, 7) is 0. The van der Waals surface area contributed by atoms with Gasteiger partial charge in [0.2, 0.25) is 0 Å². The second kappa shape index (κ2) is 4.83. The van der Waals surface area contributed by atoms with Gasteiger partial charge in [0, 0.05) is 41.1 Å². The third-order valence-corrected chi connectivity index (χ3v) is 5.15. The zero-order valence-electron chi connectivity index (χ0n) is 12.1. The van der Waals surface area contributed by atoms with E-state index >= 15 is 0 Å². The Bertz CT molecular complexity index is 1170. The lowest BCUT2D eigenvalue weighted by atomic mass is 10.0. The standard InChI is InChI=1S/C19H11N3S/c1-2-5-13-12(4-1)7-9-22-18(13)14-10-20-11-16-17(14)19-15(23-16)6-3-8-21-19/h1-11H. The summed E-state index contributed by atoms with van der Waals surface area (Å²) in [6.07, 6.45) is 7.52. The monoisotopic (exact) mass is 313 g/mol. The molecule has 0 unspecified atom stereocenters. The van der Waals surface area contributed by atoms with Crippen molar-refractivity contribution in [2.75, 3.05) is 0 Å². The van der Waals surface area contributed by atoms with Gasteiger partial charge in [-0.05, 0) is 23.6 Å². The van der Waals surface area contributed by atoms with Crippen LogP contribution >= 0.6 is 11.3 Å². The maximum absolute atomic E-state index is 4.65. The zero-order valence-corrected chi connectivity index (χ0v) is 12.9. The molecule has 0 aliphatic heterocycles. The van der Waals surface area contributed by atoms with Crippen molar-refractivity contribution in [1.82, 2.24) is 15.0 Å². The normalized spacial score (nSPS) is 11.5. The largest absolute Gasteiger partial charge is 0.263 e. The highest BCUT2D eigenvalue weighted by atomic mass is 32.1. The topological polar surface area (TPSA) is 38.7 Å².